The molecule has 0 saturated carbocycles. The zero-order valence-corrected chi connectivity index (χ0v) is 30.8. The predicted octanol–water partition coefficient (Wildman–Crippen LogP) is 15.2. The molecule has 2 nitrogen and oxygen atoms in total. The monoisotopic (exact) mass is 629 g/mol. The molecule has 0 aliphatic carbocycles. The third-order valence-corrected chi connectivity index (χ3v) is 9.61. The van der Waals surface area contributed by atoms with E-state index in [1.807, 2.05) is 0 Å². The summed E-state index contributed by atoms with van der Waals surface area (Å²) in [7, 11) is 0. The predicted molar refractivity (Wildman–Crippen MR) is 200 cm³/mol. The van der Waals surface area contributed by atoms with Crippen molar-refractivity contribution < 1.29 is 9.47 Å². The van der Waals surface area contributed by atoms with Gasteiger partial charge in [-0.1, -0.05) is 237 Å². The van der Waals surface area contributed by atoms with Gasteiger partial charge in [-0.15, -0.1) is 0 Å². The summed E-state index contributed by atoms with van der Waals surface area (Å²) in [6, 6.07) is 10.6. The lowest BCUT2D eigenvalue weighted by Crippen LogP contribution is -2.11. The number of hydrogen-bond donors (Lipinski definition) is 0. The molecule has 0 radical (unpaired) electrons. The lowest BCUT2D eigenvalue weighted by atomic mass is 10.0. The van der Waals surface area contributed by atoms with E-state index in [9.17, 15) is 0 Å². The third-order valence-electron chi connectivity index (χ3n) is 9.61. The van der Waals surface area contributed by atoms with Gasteiger partial charge in [-0.3, -0.25) is 0 Å². The highest BCUT2D eigenvalue weighted by atomic mass is 16.7. The van der Waals surface area contributed by atoms with Crippen LogP contribution in [-0.4, -0.2) is 13.2 Å². The van der Waals surface area contributed by atoms with Crippen molar-refractivity contribution in [1.29, 1.82) is 0 Å². The molecule has 0 aliphatic rings. The van der Waals surface area contributed by atoms with Crippen LogP contribution in [0.25, 0.3) is 0 Å². The van der Waals surface area contributed by atoms with Crippen molar-refractivity contribution in [3.63, 3.8) is 0 Å². The first-order chi connectivity index (χ1) is 22.4. The molecule has 0 fully saturated rings. The molecule has 1 aromatic rings. The van der Waals surface area contributed by atoms with Gasteiger partial charge in [0, 0.05) is 5.56 Å². The van der Waals surface area contributed by atoms with Gasteiger partial charge < -0.3 is 9.47 Å². The third kappa shape index (κ3) is 30.2. The fourth-order valence-electron chi connectivity index (χ4n) is 6.53. The van der Waals surface area contributed by atoms with Crippen molar-refractivity contribution >= 4 is 0 Å². The summed E-state index contributed by atoms with van der Waals surface area (Å²) in [5.41, 5.74) is 1.16. The maximum absolute atomic E-state index is 6.25. The Kier molecular flexibility index (Phi) is 33.7. The fourth-order valence-corrected chi connectivity index (χ4v) is 6.53. The summed E-state index contributed by atoms with van der Waals surface area (Å²) in [4.78, 5) is 0. The normalized spacial score (nSPS) is 11.6. The van der Waals surface area contributed by atoms with Crippen LogP contribution in [0.3, 0.4) is 0 Å². The Bertz CT molecular complexity index is 621. The highest BCUT2D eigenvalue weighted by Crippen LogP contribution is 2.21. The molecule has 2 heteroatoms. The second-order valence-electron chi connectivity index (χ2n) is 14.1. The molecule has 1 rings (SSSR count). The van der Waals surface area contributed by atoms with Gasteiger partial charge in [0.2, 0.25) is 0 Å². The van der Waals surface area contributed by atoms with Crippen molar-refractivity contribution in [2.45, 2.75) is 226 Å². The van der Waals surface area contributed by atoms with Crippen LogP contribution in [0.15, 0.2) is 30.3 Å². The summed E-state index contributed by atoms with van der Waals surface area (Å²) in [5, 5.41) is 0. The van der Waals surface area contributed by atoms with Crippen molar-refractivity contribution in [2.24, 2.45) is 0 Å². The molecule has 0 spiro atoms. The van der Waals surface area contributed by atoms with Gasteiger partial charge in [-0.25, -0.2) is 0 Å². The molecule has 0 bridgehead atoms. The Morgan fingerprint density at radius 1 is 0.333 bits per heavy atom. The highest BCUT2D eigenvalue weighted by molar-refractivity contribution is 5.15. The van der Waals surface area contributed by atoms with Gasteiger partial charge in [0.15, 0.2) is 6.29 Å². The molecule has 0 N–H and O–H groups in total. The lowest BCUT2D eigenvalue weighted by Gasteiger charge is -2.19. The first-order valence-electron chi connectivity index (χ1n) is 20.7. The Morgan fingerprint density at radius 3 is 0.844 bits per heavy atom. The van der Waals surface area contributed by atoms with Crippen molar-refractivity contribution in [3.8, 4) is 0 Å². The Labute approximate surface area is 283 Å². The number of benzene rings is 1. The van der Waals surface area contributed by atoms with Gasteiger partial charge in [0.25, 0.3) is 0 Å². The molecular weight excluding hydrogens is 548 g/mol. The molecule has 0 atom stereocenters. The van der Waals surface area contributed by atoms with E-state index < -0.39 is 0 Å². The minimum Gasteiger partial charge on any atom is -0.348 e. The average molecular weight is 629 g/mol. The molecule has 0 aliphatic heterocycles. The number of rotatable bonds is 37. The van der Waals surface area contributed by atoms with Gasteiger partial charge >= 0.3 is 0 Å². The quantitative estimate of drug-likeness (QED) is 0.0539. The van der Waals surface area contributed by atoms with Crippen molar-refractivity contribution in [1.82, 2.24) is 0 Å². The molecule has 0 amide bonds. The molecule has 0 saturated heterocycles. The smallest absolute Gasteiger partial charge is 0.183 e. The van der Waals surface area contributed by atoms with E-state index in [0.29, 0.717) is 0 Å². The summed E-state index contributed by atoms with van der Waals surface area (Å²) in [6.45, 7) is 6.21. The minimum atomic E-state index is -0.209. The fraction of sp³-hybridized carbons (Fsp3) is 0.860. The second-order valence-corrected chi connectivity index (χ2v) is 14.1. The molecule has 264 valence electrons. The van der Waals surface area contributed by atoms with Crippen LogP contribution >= 0.6 is 0 Å². The molecule has 45 heavy (non-hydrogen) atoms. The summed E-state index contributed by atoms with van der Waals surface area (Å²) < 4.78 is 12.5. The lowest BCUT2D eigenvalue weighted by molar-refractivity contribution is -0.148. The average Bonchev–Trinajstić information content (AvgIpc) is 3.07. The number of ether oxygens (including phenoxy) is 2. The van der Waals surface area contributed by atoms with Crippen molar-refractivity contribution in [3.05, 3.63) is 35.9 Å². The Morgan fingerprint density at radius 2 is 0.578 bits per heavy atom. The van der Waals surface area contributed by atoms with E-state index in [-0.39, 0.29) is 6.29 Å². The van der Waals surface area contributed by atoms with E-state index in [2.05, 4.69) is 44.2 Å². The Hall–Kier alpha value is -0.860. The van der Waals surface area contributed by atoms with Gasteiger partial charge in [0.05, 0.1) is 13.2 Å². The van der Waals surface area contributed by atoms with Crippen LogP contribution in [0.1, 0.15) is 231 Å². The first kappa shape index (κ1) is 42.2. The zero-order chi connectivity index (χ0) is 32.1. The molecule has 0 unspecified atom stereocenters. The topological polar surface area (TPSA) is 18.5 Å². The SMILES string of the molecule is CCCCCCCCCCCCCCCCCCOC(OCCCCCCCCCCCCCCCCCC)c1ccccc1. The molecule has 0 heterocycles. The maximum Gasteiger partial charge on any atom is 0.183 e. The number of unbranched alkanes of at least 4 members (excludes halogenated alkanes) is 30. The van der Waals surface area contributed by atoms with Crippen LogP contribution in [-0.2, 0) is 9.47 Å². The van der Waals surface area contributed by atoms with E-state index >= 15 is 0 Å². The van der Waals surface area contributed by atoms with Crippen LogP contribution in [0, 0.1) is 0 Å². The molecule has 1 aromatic carbocycles. The first-order valence-corrected chi connectivity index (χ1v) is 20.7. The van der Waals surface area contributed by atoms with Crippen LogP contribution in [0.4, 0.5) is 0 Å². The van der Waals surface area contributed by atoms with Gasteiger partial charge in [-0.05, 0) is 12.8 Å². The van der Waals surface area contributed by atoms with Crippen LogP contribution in [0.2, 0.25) is 0 Å². The summed E-state index contributed by atoms with van der Waals surface area (Å²) in [6.07, 6.45) is 44.6. The van der Waals surface area contributed by atoms with Crippen LogP contribution in [0.5, 0.6) is 0 Å². The molecular formula is C43H80O2. The molecule has 0 aromatic heterocycles. The summed E-state index contributed by atoms with van der Waals surface area (Å²) in [5.74, 6) is 0. The second kappa shape index (κ2) is 36.0. The van der Waals surface area contributed by atoms with Crippen molar-refractivity contribution in [2.75, 3.05) is 13.2 Å². The van der Waals surface area contributed by atoms with Gasteiger partial charge in [-0.2, -0.15) is 0 Å². The number of hydrogen-bond acceptors (Lipinski definition) is 2. The van der Waals surface area contributed by atoms with E-state index in [1.165, 1.54) is 193 Å². The largest absolute Gasteiger partial charge is 0.348 e. The highest BCUT2D eigenvalue weighted by Gasteiger charge is 2.12. The van der Waals surface area contributed by atoms with E-state index in [4.69, 9.17) is 9.47 Å². The summed E-state index contributed by atoms with van der Waals surface area (Å²) >= 11 is 0. The van der Waals surface area contributed by atoms with Gasteiger partial charge in [0.1, 0.15) is 0 Å². The maximum atomic E-state index is 6.25. The Balaban J connectivity index is 1.94. The van der Waals surface area contributed by atoms with Crippen LogP contribution < -0.4 is 0 Å². The zero-order valence-electron chi connectivity index (χ0n) is 30.8. The van der Waals surface area contributed by atoms with E-state index in [0.717, 1.165) is 31.6 Å². The van der Waals surface area contributed by atoms with E-state index in [1.54, 1.807) is 0 Å². The standard InChI is InChI=1S/C43H80O2/c1-3-5-7-9-11-13-15-17-19-21-23-25-27-29-31-36-40-44-43(42-38-34-33-35-39-42)45-41-37-32-30-28-26-24-22-20-18-16-14-12-10-8-6-4-2/h33-35,38-39,43H,3-32,36-37,40-41H2,1-2H3. The minimum absolute atomic E-state index is 0.209.